The number of hydrogen-bond donors (Lipinski definition) is 2. The average molecular weight is 217 g/mol. The van der Waals surface area contributed by atoms with Gasteiger partial charge >= 0.3 is 5.97 Å². The minimum absolute atomic E-state index is 0.0832. The number of rotatable bonds is 10. The Morgan fingerprint density at radius 2 is 2.07 bits per heavy atom. The maximum atomic E-state index is 11.1. The van der Waals surface area contributed by atoms with Crippen LogP contribution in [0.25, 0.3) is 0 Å². The average Bonchev–Trinajstić information content (AvgIpc) is 2.25. The highest BCUT2D eigenvalue weighted by atomic mass is 16.5. The fourth-order valence-electron chi connectivity index (χ4n) is 1.19. The summed E-state index contributed by atoms with van der Waals surface area (Å²) >= 11 is 0. The topological polar surface area (TPSA) is 58.6 Å². The van der Waals surface area contributed by atoms with Crippen molar-refractivity contribution in [3.05, 3.63) is 0 Å². The monoisotopic (exact) mass is 217 g/mol. The van der Waals surface area contributed by atoms with E-state index < -0.39 is 0 Å². The molecule has 0 radical (unpaired) electrons. The van der Waals surface area contributed by atoms with Gasteiger partial charge in [-0.05, 0) is 25.8 Å². The van der Waals surface area contributed by atoms with E-state index in [0.717, 1.165) is 32.2 Å². The van der Waals surface area contributed by atoms with Crippen LogP contribution >= 0.6 is 0 Å². The fraction of sp³-hybridized carbons (Fsp3) is 0.909. The van der Waals surface area contributed by atoms with E-state index in [2.05, 4.69) is 5.32 Å². The minimum atomic E-state index is -0.0832. The van der Waals surface area contributed by atoms with Gasteiger partial charge in [0.1, 0.15) is 0 Å². The summed E-state index contributed by atoms with van der Waals surface area (Å²) in [5.74, 6) is -0.0832. The Labute approximate surface area is 92.0 Å². The summed E-state index contributed by atoms with van der Waals surface area (Å²) in [5, 5.41) is 11.6. The van der Waals surface area contributed by atoms with Crippen molar-refractivity contribution in [2.24, 2.45) is 0 Å². The Hall–Kier alpha value is -0.610. The van der Waals surface area contributed by atoms with E-state index in [4.69, 9.17) is 9.84 Å². The van der Waals surface area contributed by atoms with E-state index >= 15 is 0 Å². The Morgan fingerprint density at radius 1 is 1.27 bits per heavy atom. The molecule has 0 aromatic heterocycles. The molecule has 0 amide bonds. The molecule has 0 heterocycles. The third-order valence-corrected chi connectivity index (χ3v) is 1.99. The van der Waals surface area contributed by atoms with Gasteiger partial charge in [0.05, 0.1) is 13.2 Å². The molecule has 0 saturated carbocycles. The van der Waals surface area contributed by atoms with Crippen molar-refractivity contribution in [1.29, 1.82) is 0 Å². The third kappa shape index (κ3) is 11.3. The maximum absolute atomic E-state index is 11.1. The molecule has 0 aliphatic rings. The highest BCUT2D eigenvalue weighted by molar-refractivity contribution is 5.69. The molecular weight excluding hydrogens is 194 g/mol. The molecule has 0 fully saturated rings. The fourth-order valence-corrected chi connectivity index (χ4v) is 1.19. The number of hydrogen-bond acceptors (Lipinski definition) is 4. The summed E-state index contributed by atoms with van der Waals surface area (Å²) in [6.07, 6.45) is 4.38. The van der Waals surface area contributed by atoms with Crippen LogP contribution in [0.3, 0.4) is 0 Å². The summed E-state index contributed by atoms with van der Waals surface area (Å²) in [7, 11) is 0. The molecule has 15 heavy (non-hydrogen) atoms. The summed E-state index contributed by atoms with van der Waals surface area (Å²) in [6.45, 7) is 4.27. The molecule has 0 aliphatic heterocycles. The number of carbonyl (C=O) groups is 1. The van der Waals surface area contributed by atoms with Gasteiger partial charge in [0.2, 0.25) is 0 Å². The Kier molecular flexibility index (Phi) is 11.0. The van der Waals surface area contributed by atoms with Gasteiger partial charge in [-0.2, -0.15) is 0 Å². The summed E-state index contributed by atoms with van der Waals surface area (Å²) < 4.78 is 4.95. The SMILES string of the molecule is CCCOC(=O)CCCCCNCCO. The van der Waals surface area contributed by atoms with Gasteiger partial charge in [-0.25, -0.2) is 0 Å². The van der Waals surface area contributed by atoms with Crippen molar-refractivity contribution in [2.45, 2.75) is 39.0 Å². The van der Waals surface area contributed by atoms with Crippen LogP contribution in [0.4, 0.5) is 0 Å². The van der Waals surface area contributed by atoms with Gasteiger partial charge in [0.15, 0.2) is 0 Å². The minimum Gasteiger partial charge on any atom is -0.466 e. The van der Waals surface area contributed by atoms with Crippen LogP contribution < -0.4 is 5.32 Å². The van der Waals surface area contributed by atoms with Crippen molar-refractivity contribution in [2.75, 3.05) is 26.3 Å². The maximum Gasteiger partial charge on any atom is 0.305 e. The molecule has 0 spiro atoms. The Morgan fingerprint density at radius 3 is 2.73 bits per heavy atom. The lowest BCUT2D eigenvalue weighted by Gasteiger charge is -2.03. The molecule has 90 valence electrons. The quantitative estimate of drug-likeness (QED) is 0.425. The van der Waals surface area contributed by atoms with E-state index in [1.165, 1.54) is 0 Å². The predicted octanol–water partition coefficient (Wildman–Crippen LogP) is 1.08. The molecule has 0 atom stereocenters. The largest absolute Gasteiger partial charge is 0.466 e. The smallest absolute Gasteiger partial charge is 0.305 e. The number of aliphatic hydroxyl groups is 1. The molecular formula is C11H23NO3. The highest BCUT2D eigenvalue weighted by Crippen LogP contribution is 2.00. The summed E-state index contributed by atoms with van der Waals surface area (Å²) in [6, 6.07) is 0. The van der Waals surface area contributed by atoms with Gasteiger partial charge in [0, 0.05) is 13.0 Å². The molecule has 0 aromatic carbocycles. The number of aliphatic hydroxyl groups excluding tert-OH is 1. The number of ether oxygens (including phenoxy) is 1. The van der Waals surface area contributed by atoms with Gasteiger partial charge in [-0.1, -0.05) is 13.3 Å². The van der Waals surface area contributed by atoms with Gasteiger partial charge < -0.3 is 15.2 Å². The van der Waals surface area contributed by atoms with Crippen molar-refractivity contribution in [3.63, 3.8) is 0 Å². The molecule has 0 saturated heterocycles. The molecule has 4 heteroatoms. The highest BCUT2D eigenvalue weighted by Gasteiger charge is 2.00. The first-order valence-corrected chi connectivity index (χ1v) is 5.78. The van der Waals surface area contributed by atoms with Crippen LogP contribution in [0.1, 0.15) is 39.0 Å². The van der Waals surface area contributed by atoms with Crippen molar-refractivity contribution >= 4 is 5.97 Å². The third-order valence-electron chi connectivity index (χ3n) is 1.99. The Bertz CT molecular complexity index is 151. The van der Waals surface area contributed by atoms with E-state index in [-0.39, 0.29) is 12.6 Å². The lowest BCUT2D eigenvalue weighted by atomic mass is 10.2. The first kappa shape index (κ1) is 14.4. The molecule has 4 nitrogen and oxygen atoms in total. The number of carbonyl (C=O) groups excluding carboxylic acids is 1. The standard InChI is InChI=1S/C11H23NO3/c1-2-10-15-11(14)6-4-3-5-7-12-8-9-13/h12-13H,2-10H2,1H3. The van der Waals surface area contributed by atoms with E-state index in [9.17, 15) is 4.79 Å². The Balaban J connectivity index is 3.06. The molecule has 0 bridgehead atoms. The van der Waals surface area contributed by atoms with Crippen LogP contribution in [0, 0.1) is 0 Å². The first-order valence-electron chi connectivity index (χ1n) is 5.78. The van der Waals surface area contributed by atoms with Crippen molar-refractivity contribution in [3.8, 4) is 0 Å². The first-order chi connectivity index (χ1) is 7.31. The van der Waals surface area contributed by atoms with E-state index in [1.807, 2.05) is 6.92 Å². The van der Waals surface area contributed by atoms with E-state index in [1.54, 1.807) is 0 Å². The van der Waals surface area contributed by atoms with Crippen molar-refractivity contribution in [1.82, 2.24) is 5.32 Å². The molecule has 0 aliphatic carbocycles. The second-order valence-electron chi connectivity index (χ2n) is 3.50. The molecule has 2 N–H and O–H groups in total. The number of nitrogens with one attached hydrogen (secondary N) is 1. The van der Waals surface area contributed by atoms with Gasteiger partial charge in [-0.3, -0.25) is 4.79 Å². The lowest BCUT2D eigenvalue weighted by Crippen LogP contribution is -2.19. The lowest BCUT2D eigenvalue weighted by molar-refractivity contribution is -0.143. The second kappa shape index (κ2) is 11.5. The van der Waals surface area contributed by atoms with Gasteiger partial charge in [-0.15, -0.1) is 0 Å². The predicted molar refractivity (Wildman–Crippen MR) is 59.7 cm³/mol. The normalized spacial score (nSPS) is 10.3. The molecule has 0 unspecified atom stereocenters. The number of unbranched alkanes of at least 4 members (excludes halogenated alkanes) is 2. The van der Waals surface area contributed by atoms with Crippen LogP contribution in [0.2, 0.25) is 0 Å². The number of esters is 1. The van der Waals surface area contributed by atoms with Gasteiger partial charge in [0.25, 0.3) is 0 Å². The molecule has 0 aromatic rings. The zero-order chi connectivity index (χ0) is 11.4. The summed E-state index contributed by atoms with van der Waals surface area (Å²) in [4.78, 5) is 11.1. The van der Waals surface area contributed by atoms with Crippen LogP contribution in [0.15, 0.2) is 0 Å². The van der Waals surface area contributed by atoms with Crippen LogP contribution in [0.5, 0.6) is 0 Å². The molecule has 0 rings (SSSR count). The second-order valence-corrected chi connectivity index (χ2v) is 3.50. The zero-order valence-corrected chi connectivity index (χ0v) is 9.63. The van der Waals surface area contributed by atoms with Crippen LogP contribution in [-0.4, -0.2) is 37.4 Å². The summed E-state index contributed by atoms with van der Waals surface area (Å²) in [5.41, 5.74) is 0. The van der Waals surface area contributed by atoms with Crippen LogP contribution in [-0.2, 0) is 9.53 Å². The van der Waals surface area contributed by atoms with Crippen molar-refractivity contribution < 1.29 is 14.6 Å². The zero-order valence-electron chi connectivity index (χ0n) is 9.63. The van der Waals surface area contributed by atoms with E-state index in [0.29, 0.717) is 19.6 Å².